The highest BCUT2D eigenvalue weighted by Gasteiger charge is 2.13. The van der Waals surface area contributed by atoms with Crippen LogP contribution in [0.4, 0.5) is 0 Å². The van der Waals surface area contributed by atoms with Gasteiger partial charge in [-0.2, -0.15) is 4.98 Å². The molecule has 1 aromatic rings. The quantitative estimate of drug-likeness (QED) is 0.623. The maximum absolute atomic E-state index is 8.69. The van der Waals surface area contributed by atoms with Crippen LogP contribution in [0.5, 0.6) is 0 Å². The fourth-order valence-electron chi connectivity index (χ4n) is 1.09. The maximum atomic E-state index is 8.69. The summed E-state index contributed by atoms with van der Waals surface area (Å²) in [5.74, 6) is 0.961. The number of aliphatic hydroxyl groups excluding tert-OH is 1. The minimum Gasteiger partial charge on any atom is -0.396 e. The SMILES string of the molecule is CCOCCc1noc(C(N)CCO)n1. The van der Waals surface area contributed by atoms with E-state index in [2.05, 4.69) is 10.1 Å². The Morgan fingerprint density at radius 1 is 1.60 bits per heavy atom. The molecule has 0 saturated heterocycles. The van der Waals surface area contributed by atoms with Crippen molar-refractivity contribution >= 4 is 0 Å². The number of aromatic nitrogens is 2. The number of nitrogens with two attached hydrogens (primary N) is 1. The molecule has 0 aromatic carbocycles. The van der Waals surface area contributed by atoms with Crippen LogP contribution in [-0.2, 0) is 11.2 Å². The molecule has 1 heterocycles. The number of aliphatic hydroxyl groups is 1. The van der Waals surface area contributed by atoms with Gasteiger partial charge in [-0.15, -0.1) is 0 Å². The van der Waals surface area contributed by atoms with Crippen LogP contribution >= 0.6 is 0 Å². The largest absolute Gasteiger partial charge is 0.396 e. The van der Waals surface area contributed by atoms with Crippen molar-refractivity contribution in [2.24, 2.45) is 5.73 Å². The Hall–Kier alpha value is -0.980. The molecule has 0 aliphatic rings. The van der Waals surface area contributed by atoms with Gasteiger partial charge < -0.3 is 20.1 Å². The molecule has 6 heteroatoms. The van der Waals surface area contributed by atoms with Gasteiger partial charge in [0.05, 0.1) is 12.6 Å². The zero-order valence-electron chi connectivity index (χ0n) is 8.85. The van der Waals surface area contributed by atoms with Gasteiger partial charge in [-0.3, -0.25) is 0 Å². The van der Waals surface area contributed by atoms with Gasteiger partial charge in [0.15, 0.2) is 5.82 Å². The molecule has 86 valence electrons. The Balaban J connectivity index is 2.41. The van der Waals surface area contributed by atoms with Crippen molar-refractivity contribution in [3.8, 4) is 0 Å². The fourth-order valence-corrected chi connectivity index (χ4v) is 1.09. The first-order valence-electron chi connectivity index (χ1n) is 5.04. The lowest BCUT2D eigenvalue weighted by Crippen LogP contribution is -2.12. The zero-order valence-corrected chi connectivity index (χ0v) is 8.85. The second kappa shape index (κ2) is 6.49. The van der Waals surface area contributed by atoms with Crippen molar-refractivity contribution < 1.29 is 14.4 Å². The van der Waals surface area contributed by atoms with Crippen LogP contribution < -0.4 is 5.73 Å². The highest BCUT2D eigenvalue weighted by molar-refractivity contribution is 4.91. The summed E-state index contributed by atoms with van der Waals surface area (Å²) in [5.41, 5.74) is 5.69. The molecule has 0 spiro atoms. The first-order valence-corrected chi connectivity index (χ1v) is 5.04. The molecule has 0 aliphatic heterocycles. The van der Waals surface area contributed by atoms with Crippen molar-refractivity contribution in [3.05, 3.63) is 11.7 Å². The third-order valence-corrected chi connectivity index (χ3v) is 1.92. The molecule has 0 bridgehead atoms. The van der Waals surface area contributed by atoms with Gasteiger partial charge >= 0.3 is 0 Å². The van der Waals surface area contributed by atoms with Gasteiger partial charge in [0.1, 0.15) is 0 Å². The molecular formula is C9H17N3O3. The smallest absolute Gasteiger partial charge is 0.243 e. The van der Waals surface area contributed by atoms with Crippen LogP contribution in [0.2, 0.25) is 0 Å². The Morgan fingerprint density at radius 2 is 2.40 bits per heavy atom. The summed E-state index contributed by atoms with van der Waals surface area (Å²) in [4.78, 5) is 4.11. The molecular weight excluding hydrogens is 198 g/mol. The maximum Gasteiger partial charge on any atom is 0.243 e. The van der Waals surface area contributed by atoms with Crippen molar-refractivity contribution in [1.82, 2.24) is 10.1 Å². The fraction of sp³-hybridized carbons (Fsp3) is 0.778. The molecule has 6 nitrogen and oxygen atoms in total. The molecule has 1 atom stereocenters. The molecule has 15 heavy (non-hydrogen) atoms. The Morgan fingerprint density at radius 3 is 3.07 bits per heavy atom. The average molecular weight is 215 g/mol. The molecule has 0 fully saturated rings. The lowest BCUT2D eigenvalue weighted by Gasteiger charge is -2.01. The molecule has 1 rings (SSSR count). The van der Waals surface area contributed by atoms with E-state index in [1.54, 1.807) is 0 Å². The van der Waals surface area contributed by atoms with Crippen molar-refractivity contribution in [3.63, 3.8) is 0 Å². The standard InChI is InChI=1S/C9H17N3O3/c1-2-14-6-4-8-11-9(15-12-8)7(10)3-5-13/h7,13H,2-6,10H2,1H3. The average Bonchev–Trinajstić information content (AvgIpc) is 2.67. The summed E-state index contributed by atoms with van der Waals surface area (Å²) in [5, 5.41) is 12.5. The number of nitrogens with zero attached hydrogens (tertiary/aromatic N) is 2. The van der Waals surface area contributed by atoms with Gasteiger partial charge in [-0.1, -0.05) is 5.16 Å². The third kappa shape index (κ3) is 3.94. The van der Waals surface area contributed by atoms with Crippen molar-refractivity contribution in [2.75, 3.05) is 19.8 Å². The van der Waals surface area contributed by atoms with Crippen LogP contribution in [0.1, 0.15) is 31.1 Å². The van der Waals surface area contributed by atoms with E-state index in [-0.39, 0.29) is 12.6 Å². The van der Waals surface area contributed by atoms with E-state index in [4.69, 9.17) is 20.1 Å². The predicted molar refractivity (Wildman–Crippen MR) is 53.1 cm³/mol. The molecule has 0 saturated carbocycles. The summed E-state index contributed by atoms with van der Waals surface area (Å²) >= 11 is 0. The molecule has 1 unspecified atom stereocenters. The van der Waals surface area contributed by atoms with Crippen molar-refractivity contribution in [1.29, 1.82) is 0 Å². The Kier molecular flexibility index (Phi) is 5.23. The molecule has 3 N–H and O–H groups in total. The van der Waals surface area contributed by atoms with Gasteiger partial charge in [-0.25, -0.2) is 0 Å². The van der Waals surface area contributed by atoms with Crippen LogP contribution in [0.15, 0.2) is 4.52 Å². The van der Waals surface area contributed by atoms with E-state index in [9.17, 15) is 0 Å². The molecule has 0 aliphatic carbocycles. The highest BCUT2D eigenvalue weighted by Crippen LogP contribution is 2.10. The summed E-state index contributed by atoms with van der Waals surface area (Å²) < 4.78 is 10.1. The first-order chi connectivity index (χ1) is 7.27. The lowest BCUT2D eigenvalue weighted by atomic mass is 10.2. The van der Waals surface area contributed by atoms with Crippen LogP contribution in [-0.4, -0.2) is 35.1 Å². The number of hydrogen-bond donors (Lipinski definition) is 2. The summed E-state index contributed by atoms with van der Waals surface area (Å²) in [6.45, 7) is 3.19. The Bertz CT molecular complexity index is 277. The minimum atomic E-state index is -0.386. The lowest BCUT2D eigenvalue weighted by molar-refractivity contribution is 0.149. The monoisotopic (exact) mass is 215 g/mol. The van der Waals surface area contributed by atoms with Crippen LogP contribution in [0.3, 0.4) is 0 Å². The third-order valence-electron chi connectivity index (χ3n) is 1.92. The zero-order chi connectivity index (χ0) is 11.1. The number of ether oxygens (including phenoxy) is 1. The Labute approximate surface area is 88.4 Å². The first kappa shape index (κ1) is 12.1. The highest BCUT2D eigenvalue weighted by atomic mass is 16.5. The summed E-state index contributed by atoms with van der Waals surface area (Å²) in [7, 11) is 0. The van der Waals surface area contributed by atoms with Crippen LogP contribution in [0.25, 0.3) is 0 Å². The van der Waals surface area contributed by atoms with E-state index in [0.29, 0.717) is 37.8 Å². The van der Waals surface area contributed by atoms with Gasteiger partial charge in [-0.05, 0) is 13.3 Å². The second-order valence-electron chi connectivity index (χ2n) is 3.11. The summed E-state index contributed by atoms with van der Waals surface area (Å²) in [6, 6.07) is -0.386. The van der Waals surface area contributed by atoms with Gasteiger partial charge in [0.25, 0.3) is 0 Å². The van der Waals surface area contributed by atoms with Gasteiger partial charge in [0.2, 0.25) is 5.89 Å². The minimum absolute atomic E-state index is 0.0117. The van der Waals surface area contributed by atoms with Crippen molar-refractivity contribution in [2.45, 2.75) is 25.8 Å². The molecule has 1 aromatic heterocycles. The van der Waals surface area contributed by atoms with E-state index in [1.165, 1.54) is 0 Å². The normalized spacial score (nSPS) is 13.0. The topological polar surface area (TPSA) is 94.4 Å². The van der Waals surface area contributed by atoms with E-state index >= 15 is 0 Å². The van der Waals surface area contributed by atoms with E-state index in [0.717, 1.165) is 0 Å². The van der Waals surface area contributed by atoms with E-state index < -0.39 is 0 Å². The second-order valence-corrected chi connectivity index (χ2v) is 3.11. The molecule has 0 radical (unpaired) electrons. The number of hydrogen-bond acceptors (Lipinski definition) is 6. The number of rotatable bonds is 7. The molecule has 0 amide bonds. The summed E-state index contributed by atoms with van der Waals surface area (Å²) in [6.07, 6.45) is 1.04. The predicted octanol–water partition coefficient (Wildman–Crippen LogP) is 0.0308. The van der Waals surface area contributed by atoms with Crippen LogP contribution in [0, 0.1) is 0 Å². The van der Waals surface area contributed by atoms with Gasteiger partial charge in [0, 0.05) is 19.6 Å². The van der Waals surface area contributed by atoms with E-state index in [1.807, 2.05) is 6.92 Å².